The zero-order valence-electron chi connectivity index (χ0n) is 18.8. The second-order valence-corrected chi connectivity index (χ2v) is 7.75. The molecule has 3 aromatic rings. The highest BCUT2D eigenvalue weighted by Crippen LogP contribution is 2.23. The summed E-state index contributed by atoms with van der Waals surface area (Å²) < 4.78 is 5.13. The third-order valence-corrected chi connectivity index (χ3v) is 5.75. The van der Waals surface area contributed by atoms with Crippen molar-refractivity contribution >= 4 is 29.0 Å². The van der Waals surface area contributed by atoms with Gasteiger partial charge in [-0.05, 0) is 60.7 Å². The monoisotopic (exact) mass is 445 g/mol. The van der Waals surface area contributed by atoms with Crippen molar-refractivity contribution < 1.29 is 14.3 Å². The number of ether oxygens (including phenoxy) is 1. The van der Waals surface area contributed by atoms with Crippen LogP contribution in [0.2, 0.25) is 0 Å². The van der Waals surface area contributed by atoms with Crippen molar-refractivity contribution in [3.63, 3.8) is 0 Å². The second kappa shape index (κ2) is 10.0. The molecule has 1 aliphatic rings. The Kier molecular flexibility index (Phi) is 6.73. The Morgan fingerprint density at radius 2 is 1.42 bits per heavy atom. The van der Waals surface area contributed by atoms with E-state index in [0.717, 1.165) is 17.1 Å². The first-order valence-electron chi connectivity index (χ1n) is 10.8. The molecule has 8 heteroatoms. The minimum absolute atomic E-state index is 0.0247. The molecule has 0 unspecified atom stereocenters. The molecule has 1 saturated heterocycles. The van der Waals surface area contributed by atoms with Crippen LogP contribution in [0.25, 0.3) is 0 Å². The van der Waals surface area contributed by atoms with E-state index in [4.69, 9.17) is 4.74 Å². The number of nitrogens with one attached hydrogen (secondary N) is 1. The van der Waals surface area contributed by atoms with E-state index < -0.39 is 0 Å². The number of amides is 3. The fraction of sp³-hybridized carbons (Fsp3) is 0.240. The maximum Gasteiger partial charge on any atom is 0.321 e. The quantitative estimate of drug-likeness (QED) is 0.646. The van der Waals surface area contributed by atoms with Crippen LogP contribution in [-0.2, 0) is 0 Å². The largest absolute Gasteiger partial charge is 0.497 e. The van der Waals surface area contributed by atoms with Gasteiger partial charge in [-0.15, -0.1) is 0 Å². The number of aromatic nitrogens is 1. The molecule has 3 amide bonds. The van der Waals surface area contributed by atoms with Gasteiger partial charge in [0.15, 0.2) is 0 Å². The Labute approximate surface area is 193 Å². The van der Waals surface area contributed by atoms with Gasteiger partial charge in [0.1, 0.15) is 5.75 Å². The molecular formula is C25H27N5O3. The number of methoxy groups -OCH3 is 1. The summed E-state index contributed by atoms with van der Waals surface area (Å²) in [6.07, 6.45) is 3.50. The van der Waals surface area contributed by atoms with Crippen molar-refractivity contribution in [1.29, 1.82) is 0 Å². The molecule has 2 heterocycles. The predicted molar refractivity (Wildman–Crippen MR) is 128 cm³/mol. The zero-order chi connectivity index (χ0) is 23.2. The van der Waals surface area contributed by atoms with E-state index in [0.29, 0.717) is 37.4 Å². The number of hydrogen-bond donors (Lipinski definition) is 1. The molecule has 1 aromatic heterocycles. The molecule has 0 aliphatic carbocycles. The van der Waals surface area contributed by atoms with E-state index in [1.54, 1.807) is 53.6 Å². The molecule has 0 saturated carbocycles. The van der Waals surface area contributed by atoms with Gasteiger partial charge in [0.2, 0.25) is 0 Å². The zero-order valence-corrected chi connectivity index (χ0v) is 18.8. The van der Waals surface area contributed by atoms with Crippen LogP contribution >= 0.6 is 0 Å². The van der Waals surface area contributed by atoms with Crippen LogP contribution in [0.3, 0.4) is 0 Å². The average molecular weight is 446 g/mol. The van der Waals surface area contributed by atoms with Gasteiger partial charge in [-0.2, -0.15) is 0 Å². The van der Waals surface area contributed by atoms with Crippen LogP contribution in [-0.4, -0.2) is 67.1 Å². The fourth-order valence-corrected chi connectivity index (χ4v) is 3.72. The first kappa shape index (κ1) is 22.1. The third-order valence-electron chi connectivity index (χ3n) is 5.75. The van der Waals surface area contributed by atoms with Gasteiger partial charge in [-0.1, -0.05) is 0 Å². The van der Waals surface area contributed by atoms with Crippen molar-refractivity contribution in [1.82, 2.24) is 14.8 Å². The third kappa shape index (κ3) is 5.23. The molecule has 8 nitrogen and oxygen atoms in total. The Balaban J connectivity index is 1.31. The summed E-state index contributed by atoms with van der Waals surface area (Å²) >= 11 is 0. The highest BCUT2D eigenvalue weighted by molar-refractivity contribution is 5.95. The Hall–Kier alpha value is -4.07. The number of hydrogen-bond acceptors (Lipinski definition) is 5. The number of carbonyl (C=O) groups is 2. The molecule has 2 aromatic carbocycles. The van der Waals surface area contributed by atoms with E-state index in [9.17, 15) is 9.59 Å². The molecule has 0 radical (unpaired) electrons. The predicted octanol–water partition coefficient (Wildman–Crippen LogP) is 3.85. The highest BCUT2D eigenvalue weighted by Gasteiger charge is 2.25. The van der Waals surface area contributed by atoms with Gasteiger partial charge >= 0.3 is 6.03 Å². The molecule has 1 fully saturated rings. The van der Waals surface area contributed by atoms with E-state index >= 15 is 0 Å². The van der Waals surface area contributed by atoms with Gasteiger partial charge in [0, 0.05) is 68.2 Å². The normalized spacial score (nSPS) is 13.4. The summed E-state index contributed by atoms with van der Waals surface area (Å²) in [5.74, 6) is 0.709. The standard InChI is InChI=1S/C25H27N5O3/c1-28(22-11-13-26-14-12-22)21-7-3-19(4-8-21)24(31)29-15-17-30(18-16-29)25(32)27-20-5-9-23(33-2)10-6-20/h3-14H,15-18H2,1-2H3,(H,27,32). The fourth-order valence-electron chi connectivity index (χ4n) is 3.72. The van der Waals surface area contributed by atoms with Gasteiger partial charge in [-0.25, -0.2) is 4.79 Å². The molecule has 0 atom stereocenters. The summed E-state index contributed by atoms with van der Waals surface area (Å²) in [5, 5.41) is 2.89. The second-order valence-electron chi connectivity index (χ2n) is 7.75. The maximum atomic E-state index is 13.0. The Morgan fingerprint density at radius 3 is 2.03 bits per heavy atom. The Bertz CT molecular complexity index is 1080. The van der Waals surface area contributed by atoms with Crippen molar-refractivity contribution in [2.24, 2.45) is 0 Å². The highest BCUT2D eigenvalue weighted by atomic mass is 16.5. The van der Waals surface area contributed by atoms with Gasteiger partial charge < -0.3 is 24.8 Å². The van der Waals surface area contributed by atoms with Gasteiger partial charge in [-0.3, -0.25) is 9.78 Å². The van der Waals surface area contributed by atoms with Gasteiger partial charge in [0.05, 0.1) is 7.11 Å². The molecule has 1 N–H and O–H groups in total. The molecule has 4 rings (SSSR count). The number of anilines is 3. The number of piperazine rings is 1. The minimum atomic E-state index is -0.171. The van der Waals surface area contributed by atoms with Crippen LogP contribution < -0.4 is 15.0 Å². The lowest BCUT2D eigenvalue weighted by Gasteiger charge is -2.34. The summed E-state index contributed by atoms with van der Waals surface area (Å²) in [4.78, 5) is 35.1. The van der Waals surface area contributed by atoms with E-state index in [1.807, 2.05) is 48.3 Å². The Morgan fingerprint density at radius 1 is 0.848 bits per heavy atom. The van der Waals surface area contributed by atoms with Crippen molar-refractivity contribution in [3.8, 4) is 5.75 Å². The SMILES string of the molecule is COc1ccc(NC(=O)N2CCN(C(=O)c3ccc(N(C)c4ccncc4)cc3)CC2)cc1. The number of rotatable bonds is 5. The van der Waals surface area contributed by atoms with Crippen LogP contribution in [0.1, 0.15) is 10.4 Å². The van der Waals surface area contributed by atoms with Gasteiger partial charge in [0.25, 0.3) is 5.91 Å². The number of benzene rings is 2. The summed E-state index contributed by atoms with van der Waals surface area (Å²) in [7, 11) is 3.58. The molecule has 1 aliphatic heterocycles. The minimum Gasteiger partial charge on any atom is -0.497 e. The summed E-state index contributed by atoms with van der Waals surface area (Å²) in [6.45, 7) is 1.95. The van der Waals surface area contributed by atoms with Crippen molar-refractivity contribution in [2.75, 3.05) is 50.6 Å². The molecule has 0 spiro atoms. The first-order chi connectivity index (χ1) is 16.0. The van der Waals surface area contributed by atoms with Crippen LogP contribution in [0, 0.1) is 0 Å². The molecule has 170 valence electrons. The number of pyridine rings is 1. The molecular weight excluding hydrogens is 418 g/mol. The van der Waals surface area contributed by atoms with Crippen LogP contribution in [0.4, 0.5) is 21.9 Å². The average Bonchev–Trinajstić information content (AvgIpc) is 2.89. The van der Waals surface area contributed by atoms with E-state index in [1.165, 1.54) is 0 Å². The lowest BCUT2D eigenvalue weighted by atomic mass is 10.1. The lowest BCUT2D eigenvalue weighted by Crippen LogP contribution is -2.51. The van der Waals surface area contributed by atoms with Crippen molar-refractivity contribution in [2.45, 2.75) is 0 Å². The summed E-state index contributed by atoms with van der Waals surface area (Å²) in [6, 6.07) is 18.5. The lowest BCUT2D eigenvalue weighted by molar-refractivity contribution is 0.0671. The van der Waals surface area contributed by atoms with Crippen LogP contribution in [0.15, 0.2) is 73.1 Å². The number of urea groups is 1. The van der Waals surface area contributed by atoms with E-state index in [2.05, 4.69) is 10.3 Å². The topological polar surface area (TPSA) is 78.0 Å². The first-order valence-corrected chi connectivity index (χ1v) is 10.8. The molecule has 33 heavy (non-hydrogen) atoms. The smallest absolute Gasteiger partial charge is 0.321 e. The summed E-state index contributed by atoms with van der Waals surface area (Å²) in [5.41, 5.74) is 3.35. The maximum absolute atomic E-state index is 13.0. The number of nitrogens with zero attached hydrogens (tertiary/aromatic N) is 4. The van der Waals surface area contributed by atoms with E-state index in [-0.39, 0.29) is 11.9 Å². The van der Waals surface area contributed by atoms with Crippen LogP contribution in [0.5, 0.6) is 5.75 Å². The van der Waals surface area contributed by atoms with Crippen molar-refractivity contribution in [3.05, 3.63) is 78.6 Å². The molecule has 0 bridgehead atoms. The number of carbonyl (C=O) groups excluding carboxylic acids is 2.